The molecule has 12 aromatic rings. The van der Waals surface area contributed by atoms with E-state index < -0.39 is 0 Å². The molecule has 284 valence electrons. The minimum atomic E-state index is 0.864. The van der Waals surface area contributed by atoms with E-state index in [0.717, 1.165) is 44.2 Å². The molecule has 2 aromatic heterocycles. The number of benzene rings is 10. The minimum Gasteiger partial charge on any atom is -0.309 e. The van der Waals surface area contributed by atoms with Gasteiger partial charge in [-0.3, -0.25) is 4.98 Å². The quantitative estimate of drug-likeness (QED) is 0.158. The van der Waals surface area contributed by atoms with Crippen molar-refractivity contribution in [2.24, 2.45) is 0 Å². The van der Waals surface area contributed by atoms with E-state index in [1.807, 2.05) is 6.20 Å². The van der Waals surface area contributed by atoms with Crippen LogP contribution in [0.4, 0.5) is 0 Å². The van der Waals surface area contributed by atoms with E-state index in [1.54, 1.807) is 0 Å². The highest BCUT2D eigenvalue weighted by Gasteiger charge is 2.15. The van der Waals surface area contributed by atoms with Gasteiger partial charge < -0.3 is 4.57 Å². The first-order chi connectivity index (χ1) is 30.2. The van der Waals surface area contributed by atoms with Gasteiger partial charge >= 0.3 is 0 Å². The predicted molar refractivity (Wildman–Crippen MR) is 256 cm³/mol. The molecule has 0 spiro atoms. The molecule has 0 atom stereocenters. The molecule has 0 radical (unpaired) electrons. The van der Waals surface area contributed by atoms with Crippen molar-refractivity contribution < 1.29 is 0 Å². The Kier molecular flexibility index (Phi) is 8.17. The zero-order chi connectivity index (χ0) is 40.3. The van der Waals surface area contributed by atoms with Crippen molar-refractivity contribution in [2.45, 2.75) is 0 Å². The molecular formula is C58H37N3. The number of para-hydroxylation sites is 2. The molecule has 0 N–H and O–H groups in total. The molecule has 0 bridgehead atoms. The van der Waals surface area contributed by atoms with Gasteiger partial charge in [-0.2, -0.15) is 0 Å². The third kappa shape index (κ3) is 5.98. The summed E-state index contributed by atoms with van der Waals surface area (Å²) in [5.74, 6) is 0. The molecule has 3 nitrogen and oxygen atoms in total. The maximum atomic E-state index is 5.24. The van der Waals surface area contributed by atoms with Crippen molar-refractivity contribution in [3.05, 3.63) is 225 Å². The van der Waals surface area contributed by atoms with Crippen LogP contribution in [0, 0.1) is 0 Å². The van der Waals surface area contributed by atoms with E-state index in [-0.39, 0.29) is 0 Å². The summed E-state index contributed by atoms with van der Waals surface area (Å²) in [5.41, 5.74) is 16.8. The zero-order valence-electron chi connectivity index (χ0n) is 33.2. The molecule has 12 rings (SSSR count). The first kappa shape index (κ1) is 34.9. The summed E-state index contributed by atoms with van der Waals surface area (Å²) in [5, 5.41) is 7.17. The second-order valence-electron chi connectivity index (χ2n) is 15.8. The average molecular weight is 776 g/mol. The van der Waals surface area contributed by atoms with E-state index in [0.29, 0.717) is 0 Å². The van der Waals surface area contributed by atoms with Gasteiger partial charge in [0.05, 0.1) is 34.0 Å². The fourth-order valence-electron chi connectivity index (χ4n) is 9.22. The number of nitrogens with zero attached hydrogens (tertiary/aromatic N) is 3. The molecule has 10 aromatic carbocycles. The maximum absolute atomic E-state index is 5.24. The summed E-state index contributed by atoms with van der Waals surface area (Å²) >= 11 is 0. The summed E-state index contributed by atoms with van der Waals surface area (Å²) in [6, 6.07) is 78.5. The molecule has 3 heteroatoms. The Morgan fingerprint density at radius 1 is 0.279 bits per heavy atom. The Morgan fingerprint density at radius 3 is 1.36 bits per heavy atom. The third-order valence-electron chi connectivity index (χ3n) is 12.2. The van der Waals surface area contributed by atoms with E-state index in [4.69, 9.17) is 9.97 Å². The predicted octanol–water partition coefficient (Wildman–Crippen LogP) is 15.4. The van der Waals surface area contributed by atoms with Gasteiger partial charge in [0.15, 0.2) is 0 Å². The summed E-state index contributed by atoms with van der Waals surface area (Å²) < 4.78 is 2.36. The summed E-state index contributed by atoms with van der Waals surface area (Å²) in [4.78, 5) is 10.2. The lowest BCUT2D eigenvalue weighted by Gasteiger charge is -2.11. The average Bonchev–Trinajstić information content (AvgIpc) is 3.68. The Bertz CT molecular complexity index is 3590. The topological polar surface area (TPSA) is 30.7 Å². The van der Waals surface area contributed by atoms with Gasteiger partial charge in [-0.05, 0) is 97.7 Å². The normalized spacial score (nSPS) is 11.6. The van der Waals surface area contributed by atoms with Crippen LogP contribution in [0.15, 0.2) is 225 Å². The van der Waals surface area contributed by atoms with Gasteiger partial charge in [0.1, 0.15) is 0 Å². The van der Waals surface area contributed by atoms with Crippen LogP contribution < -0.4 is 0 Å². The molecule has 0 amide bonds. The van der Waals surface area contributed by atoms with Crippen LogP contribution >= 0.6 is 0 Å². The van der Waals surface area contributed by atoms with Crippen LogP contribution in [0.1, 0.15) is 0 Å². The second-order valence-corrected chi connectivity index (χ2v) is 15.8. The van der Waals surface area contributed by atoms with E-state index in [9.17, 15) is 0 Å². The van der Waals surface area contributed by atoms with Crippen LogP contribution in [0.25, 0.3) is 116 Å². The number of hydrogen-bond donors (Lipinski definition) is 0. The van der Waals surface area contributed by atoms with E-state index >= 15 is 0 Å². The molecular weight excluding hydrogens is 739 g/mol. The van der Waals surface area contributed by atoms with Crippen molar-refractivity contribution in [3.8, 4) is 61.5 Å². The van der Waals surface area contributed by atoms with Gasteiger partial charge in [-0.15, -0.1) is 0 Å². The van der Waals surface area contributed by atoms with Crippen LogP contribution in [0.3, 0.4) is 0 Å². The van der Waals surface area contributed by atoms with Crippen molar-refractivity contribution >= 4 is 54.4 Å². The second kappa shape index (κ2) is 14.3. The van der Waals surface area contributed by atoms with Crippen molar-refractivity contribution in [2.75, 3.05) is 0 Å². The number of aromatic nitrogens is 3. The van der Waals surface area contributed by atoms with E-state index in [1.165, 1.54) is 71.6 Å². The Balaban J connectivity index is 0.815. The van der Waals surface area contributed by atoms with Crippen LogP contribution in [-0.4, -0.2) is 14.5 Å². The molecule has 0 aliphatic carbocycles. The fraction of sp³-hybridized carbons (Fsp3) is 0. The molecule has 0 saturated carbocycles. The molecule has 0 saturated heterocycles. The van der Waals surface area contributed by atoms with Crippen molar-refractivity contribution in [3.63, 3.8) is 0 Å². The molecule has 0 unspecified atom stereocenters. The molecule has 0 aliphatic rings. The standard InChI is InChI=1S/C58H37N3/c1-2-16-47(17-3-1)61-55-23-9-8-20-50(55)53-36-45(32-33-56(53)61)41-30-26-39(27-31-41)38-24-28-40(29-25-38)42-12-10-13-43(34-42)44-14-11-15-46(35-44)54-37-59-57-51-21-6-4-18-48(51)49-19-5-7-22-52(49)58(57)60-54/h1-37H. The SMILES string of the molecule is c1ccc(-n2c3ccccc3c3cc(-c4ccc(-c5ccc(-c6cccc(-c7cccc(-c8cnc9c%10ccccc%10c%10ccccc%10c9n8)c7)c6)cc5)cc4)ccc32)cc1. The lowest BCUT2D eigenvalue weighted by Crippen LogP contribution is -1.92. The van der Waals surface area contributed by atoms with Crippen LogP contribution in [0.5, 0.6) is 0 Å². The van der Waals surface area contributed by atoms with Crippen molar-refractivity contribution in [1.29, 1.82) is 0 Å². The Hall–Kier alpha value is -8.14. The first-order valence-electron chi connectivity index (χ1n) is 20.8. The Morgan fingerprint density at radius 2 is 0.721 bits per heavy atom. The zero-order valence-corrected chi connectivity index (χ0v) is 33.2. The largest absolute Gasteiger partial charge is 0.309 e. The number of hydrogen-bond acceptors (Lipinski definition) is 2. The third-order valence-corrected chi connectivity index (χ3v) is 12.2. The molecule has 0 aliphatic heterocycles. The minimum absolute atomic E-state index is 0.864. The Labute approximate surface area is 353 Å². The van der Waals surface area contributed by atoms with Crippen LogP contribution in [-0.2, 0) is 0 Å². The number of fused-ring (bicyclic) bond motifs is 9. The van der Waals surface area contributed by atoms with Crippen LogP contribution in [0.2, 0.25) is 0 Å². The van der Waals surface area contributed by atoms with Gasteiger partial charge in [0.2, 0.25) is 0 Å². The van der Waals surface area contributed by atoms with Gasteiger partial charge in [0, 0.05) is 32.8 Å². The molecule has 0 fully saturated rings. The molecule has 61 heavy (non-hydrogen) atoms. The molecule has 2 heterocycles. The summed E-state index contributed by atoms with van der Waals surface area (Å²) in [7, 11) is 0. The fourth-order valence-corrected chi connectivity index (χ4v) is 9.22. The lowest BCUT2D eigenvalue weighted by atomic mass is 9.95. The summed E-state index contributed by atoms with van der Waals surface area (Å²) in [6.45, 7) is 0. The highest BCUT2D eigenvalue weighted by Crippen LogP contribution is 2.38. The number of rotatable bonds is 6. The monoisotopic (exact) mass is 775 g/mol. The highest BCUT2D eigenvalue weighted by atomic mass is 15.0. The first-order valence-corrected chi connectivity index (χ1v) is 20.8. The van der Waals surface area contributed by atoms with Crippen molar-refractivity contribution in [1.82, 2.24) is 14.5 Å². The van der Waals surface area contributed by atoms with Gasteiger partial charge in [-0.1, -0.05) is 176 Å². The van der Waals surface area contributed by atoms with E-state index in [2.05, 4.69) is 223 Å². The highest BCUT2D eigenvalue weighted by molar-refractivity contribution is 6.23. The lowest BCUT2D eigenvalue weighted by molar-refractivity contribution is 1.18. The summed E-state index contributed by atoms with van der Waals surface area (Å²) in [6.07, 6.45) is 1.92. The van der Waals surface area contributed by atoms with Gasteiger partial charge in [0.25, 0.3) is 0 Å². The smallest absolute Gasteiger partial charge is 0.0979 e. The van der Waals surface area contributed by atoms with Gasteiger partial charge in [-0.25, -0.2) is 4.98 Å². The maximum Gasteiger partial charge on any atom is 0.0979 e.